The topological polar surface area (TPSA) is 80.1 Å². The zero-order chi connectivity index (χ0) is 21.1. The van der Waals surface area contributed by atoms with Crippen molar-refractivity contribution >= 4 is 29.3 Å². The van der Waals surface area contributed by atoms with E-state index in [0.717, 1.165) is 41.5 Å². The molecule has 1 aromatic carbocycles. The van der Waals surface area contributed by atoms with Crippen molar-refractivity contribution in [3.05, 3.63) is 47.3 Å². The van der Waals surface area contributed by atoms with Crippen molar-refractivity contribution in [1.82, 2.24) is 15.0 Å². The molecule has 2 aliphatic rings. The average molecular weight is 422 g/mol. The minimum atomic E-state index is 0.252. The minimum absolute atomic E-state index is 0.252. The number of anilines is 1. The Morgan fingerprint density at radius 1 is 1.17 bits per heavy atom. The van der Waals surface area contributed by atoms with Crippen LogP contribution >= 0.6 is 11.8 Å². The third-order valence-electron chi connectivity index (χ3n) is 5.24. The van der Waals surface area contributed by atoms with Crippen LogP contribution in [0.2, 0.25) is 0 Å². The van der Waals surface area contributed by atoms with E-state index in [4.69, 9.17) is 0 Å². The first-order valence-corrected chi connectivity index (χ1v) is 11.4. The van der Waals surface area contributed by atoms with Crippen LogP contribution in [0.15, 0.2) is 51.0 Å². The highest BCUT2D eigenvalue weighted by Gasteiger charge is 2.28. The summed E-state index contributed by atoms with van der Waals surface area (Å²) in [4.78, 5) is 31.2. The van der Waals surface area contributed by atoms with E-state index in [-0.39, 0.29) is 5.78 Å². The summed E-state index contributed by atoms with van der Waals surface area (Å²) in [5.74, 6) is 3.39. The number of nitrogens with one attached hydrogen (secondary N) is 1. The van der Waals surface area contributed by atoms with Gasteiger partial charge in [0.15, 0.2) is 5.16 Å². The molecule has 2 heterocycles. The number of aromatic nitrogens is 3. The van der Waals surface area contributed by atoms with Crippen LogP contribution in [0.4, 0.5) is 5.95 Å². The first-order chi connectivity index (χ1) is 14.5. The molecule has 0 bridgehead atoms. The van der Waals surface area contributed by atoms with E-state index in [0.29, 0.717) is 35.8 Å². The average Bonchev–Trinajstić information content (AvgIpc) is 3.48. The van der Waals surface area contributed by atoms with E-state index in [2.05, 4.69) is 45.2 Å². The highest BCUT2D eigenvalue weighted by atomic mass is 32.2. The number of benzene rings is 1. The highest BCUT2D eigenvalue weighted by molar-refractivity contribution is 7.99. The van der Waals surface area contributed by atoms with Gasteiger partial charge in [-0.2, -0.15) is 9.97 Å². The lowest BCUT2D eigenvalue weighted by atomic mass is 10.0. The maximum absolute atomic E-state index is 11.6. The summed E-state index contributed by atoms with van der Waals surface area (Å²) in [6.45, 7) is 6.98. The summed E-state index contributed by atoms with van der Waals surface area (Å²) >= 11 is 1.52. The Balaban J connectivity index is 1.50. The first kappa shape index (κ1) is 20.7. The summed E-state index contributed by atoms with van der Waals surface area (Å²) < 4.78 is 0. The Morgan fingerprint density at radius 2 is 1.93 bits per heavy atom. The predicted octanol–water partition coefficient (Wildman–Crippen LogP) is 4.83. The lowest BCUT2D eigenvalue weighted by molar-refractivity contribution is -0.118. The molecule has 1 aliphatic heterocycles. The Morgan fingerprint density at radius 3 is 2.57 bits per heavy atom. The van der Waals surface area contributed by atoms with Gasteiger partial charge in [-0.1, -0.05) is 32.9 Å². The van der Waals surface area contributed by atoms with Crippen molar-refractivity contribution < 1.29 is 4.79 Å². The van der Waals surface area contributed by atoms with E-state index in [1.54, 1.807) is 0 Å². The standard InChI is InChI=1S/C23H27N5OS/c1-4-18(29)11-15-5-9-19(10-6-15)30-23-27-21(16-7-8-16)26-22(28-23)25-20-12-17(13-24-20)14(2)3/h5-6,9-10,12,14,16H,4,7-8,11,13H2,1-3H3,(H,24,25,26,27,28). The fourth-order valence-electron chi connectivity index (χ4n) is 3.11. The smallest absolute Gasteiger partial charge is 0.232 e. The van der Waals surface area contributed by atoms with Gasteiger partial charge in [-0.3, -0.25) is 9.79 Å². The Kier molecular flexibility index (Phi) is 6.27. The third kappa shape index (κ3) is 5.33. The molecule has 4 rings (SSSR count). The number of aliphatic imine (C=N–C) groups is 1. The summed E-state index contributed by atoms with van der Waals surface area (Å²) in [7, 11) is 0. The molecule has 7 heteroatoms. The number of hydrogen-bond donors (Lipinski definition) is 1. The molecule has 6 nitrogen and oxygen atoms in total. The Bertz CT molecular complexity index is 993. The minimum Gasteiger partial charge on any atom is -0.309 e. The molecule has 0 saturated heterocycles. The SMILES string of the molecule is CCC(=O)Cc1ccc(Sc2nc(NC3=NCC(C(C)C)=C3)nc(C3CC3)n2)cc1. The first-order valence-electron chi connectivity index (χ1n) is 10.6. The van der Waals surface area contributed by atoms with Gasteiger partial charge >= 0.3 is 0 Å². The number of ketones is 1. The summed E-state index contributed by atoms with van der Waals surface area (Å²) in [6, 6.07) is 8.05. The molecule has 1 fully saturated rings. The summed E-state index contributed by atoms with van der Waals surface area (Å²) in [6.07, 6.45) is 5.41. The second-order valence-electron chi connectivity index (χ2n) is 8.09. The van der Waals surface area contributed by atoms with Gasteiger partial charge in [0.05, 0.1) is 6.54 Å². The van der Waals surface area contributed by atoms with E-state index >= 15 is 0 Å². The molecule has 156 valence electrons. The molecule has 0 spiro atoms. The van der Waals surface area contributed by atoms with Crippen molar-refractivity contribution in [2.45, 2.75) is 62.4 Å². The molecule has 1 aliphatic carbocycles. The number of nitrogens with zero attached hydrogens (tertiary/aromatic N) is 4. The normalized spacial score (nSPS) is 15.9. The highest BCUT2D eigenvalue weighted by Crippen LogP contribution is 2.39. The van der Waals surface area contributed by atoms with Gasteiger partial charge in [-0.05, 0) is 59.9 Å². The van der Waals surface area contributed by atoms with Crippen molar-refractivity contribution in [3.63, 3.8) is 0 Å². The number of rotatable bonds is 8. The molecule has 1 saturated carbocycles. The molecule has 30 heavy (non-hydrogen) atoms. The predicted molar refractivity (Wildman–Crippen MR) is 120 cm³/mol. The van der Waals surface area contributed by atoms with Crippen LogP contribution in [0.3, 0.4) is 0 Å². The second-order valence-corrected chi connectivity index (χ2v) is 9.13. The quantitative estimate of drug-likeness (QED) is 0.658. The number of hydrogen-bond acceptors (Lipinski definition) is 7. The second kappa shape index (κ2) is 9.08. The van der Waals surface area contributed by atoms with Crippen LogP contribution in [0.5, 0.6) is 0 Å². The number of carbonyl (C=O) groups is 1. The number of Topliss-reactive ketones (excluding diaryl/α,β-unsaturated/α-hetero) is 1. The lowest BCUT2D eigenvalue weighted by Crippen LogP contribution is -2.12. The van der Waals surface area contributed by atoms with E-state index in [1.807, 2.05) is 31.2 Å². The van der Waals surface area contributed by atoms with Crippen molar-refractivity contribution in [3.8, 4) is 0 Å². The maximum Gasteiger partial charge on any atom is 0.232 e. The molecule has 0 amide bonds. The molecule has 0 unspecified atom stereocenters. The van der Waals surface area contributed by atoms with Crippen LogP contribution < -0.4 is 5.32 Å². The van der Waals surface area contributed by atoms with Crippen LogP contribution in [0, 0.1) is 5.92 Å². The number of carbonyl (C=O) groups excluding carboxylic acids is 1. The zero-order valence-electron chi connectivity index (χ0n) is 17.7. The third-order valence-corrected chi connectivity index (χ3v) is 6.11. The largest absolute Gasteiger partial charge is 0.309 e. The maximum atomic E-state index is 11.6. The van der Waals surface area contributed by atoms with Crippen molar-refractivity contribution in [2.75, 3.05) is 11.9 Å². The van der Waals surface area contributed by atoms with E-state index in [9.17, 15) is 4.79 Å². The van der Waals surface area contributed by atoms with Gasteiger partial charge in [-0.15, -0.1) is 0 Å². The van der Waals surface area contributed by atoms with Crippen molar-refractivity contribution in [1.29, 1.82) is 0 Å². The van der Waals surface area contributed by atoms with Crippen molar-refractivity contribution in [2.24, 2.45) is 10.9 Å². The van der Waals surface area contributed by atoms with Gasteiger partial charge < -0.3 is 5.32 Å². The molecule has 2 aromatic rings. The lowest BCUT2D eigenvalue weighted by Gasteiger charge is -2.08. The molecule has 0 atom stereocenters. The van der Waals surface area contributed by atoms with Gasteiger partial charge in [0.2, 0.25) is 5.95 Å². The summed E-state index contributed by atoms with van der Waals surface area (Å²) in [5.41, 5.74) is 2.35. The van der Waals surface area contributed by atoms with Gasteiger partial charge in [0, 0.05) is 23.7 Å². The van der Waals surface area contributed by atoms with E-state index in [1.165, 1.54) is 17.3 Å². The van der Waals surface area contributed by atoms with Gasteiger partial charge in [0.25, 0.3) is 0 Å². The monoisotopic (exact) mass is 421 g/mol. The molecular formula is C23H27N5OS. The fraction of sp³-hybridized carbons (Fsp3) is 0.435. The van der Waals surface area contributed by atoms with E-state index < -0.39 is 0 Å². The Hall–Kier alpha value is -2.54. The Labute approximate surface area is 181 Å². The van der Waals surface area contributed by atoms with Crippen LogP contribution in [0.1, 0.15) is 57.3 Å². The summed E-state index contributed by atoms with van der Waals surface area (Å²) in [5, 5.41) is 3.95. The van der Waals surface area contributed by atoms with Crippen LogP contribution in [-0.4, -0.2) is 33.1 Å². The molecule has 1 N–H and O–H groups in total. The van der Waals surface area contributed by atoms with Gasteiger partial charge in [-0.25, -0.2) is 4.98 Å². The zero-order valence-corrected chi connectivity index (χ0v) is 18.5. The van der Waals surface area contributed by atoms with Crippen LogP contribution in [-0.2, 0) is 11.2 Å². The molecular weight excluding hydrogens is 394 g/mol. The number of amidine groups is 1. The molecule has 1 aromatic heterocycles. The molecule has 0 radical (unpaired) electrons. The fourth-order valence-corrected chi connectivity index (χ4v) is 3.87. The van der Waals surface area contributed by atoms with Gasteiger partial charge in [0.1, 0.15) is 17.4 Å². The van der Waals surface area contributed by atoms with Crippen LogP contribution in [0.25, 0.3) is 0 Å².